The normalized spacial score (nSPS) is 9.95. The second-order valence-corrected chi connectivity index (χ2v) is 3.95. The average Bonchev–Trinajstić information content (AvgIpc) is 2.45. The van der Waals surface area contributed by atoms with Gasteiger partial charge in [-0.15, -0.1) is 0 Å². The number of pyridine rings is 1. The minimum atomic E-state index is -0.353. The predicted molar refractivity (Wildman–Crippen MR) is 69.7 cm³/mol. The van der Waals surface area contributed by atoms with E-state index in [0.717, 1.165) is 5.69 Å². The third-order valence-electron chi connectivity index (χ3n) is 2.55. The Kier molecular flexibility index (Phi) is 4.44. The highest BCUT2D eigenvalue weighted by molar-refractivity contribution is 5.73. The summed E-state index contributed by atoms with van der Waals surface area (Å²) in [6, 6.07) is 11.5. The SMILES string of the molecule is O=C(NCc1ccccn1)NCc1ccccc1F. The van der Waals surface area contributed by atoms with Gasteiger partial charge in [-0.2, -0.15) is 0 Å². The minimum Gasteiger partial charge on any atom is -0.334 e. The van der Waals surface area contributed by atoms with Crippen LogP contribution in [0.5, 0.6) is 0 Å². The molecule has 4 nitrogen and oxygen atoms in total. The molecule has 0 fully saturated rings. The smallest absolute Gasteiger partial charge is 0.315 e. The first kappa shape index (κ1) is 13.0. The zero-order chi connectivity index (χ0) is 13.5. The molecule has 19 heavy (non-hydrogen) atoms. The molecule has 0 aliphatic carbocycles. The van der Waals surface area contributed by atoms with Crippen molar-refractivity contribution in [2.24, 2.45) is 0 Å². The zero-order valence-corrected chi connectivity index (χ0v) is 10.3. The molecule has 98 valence electrons. The fourth-order valence-electron chi connectivity index (χ4n) is 1.55. The standard InChI is InChI=1S/C14H14FN3O/c15-13-7-2-1-5-11(13)9-17-14(19)18-10-12-6-3-4-8-16-12/h1-8H,9-10H2,(H2,17,18,19). The Morgan fingerprint density at radius 2 is 1.79 bits per heavy atom. The third kappa shape index (κ3) is 4.06. The summed E-state index contributed by atoms with van der Waals surface area (Å²) in [5.41, 5.74) is 1.22. The van der Waals surface area contributed by atoms with Crippen LogP contribution in [0.2, 0.25) is 0 Å². The molecule has 0 atom stereocenters. The van der Waals surface area contributed by atoms with Gasteiger partial charge in [-0.3, -0.25) is 4.98 Å². The fourth-order valence-corrected chi connectivity index (χ4v) is 1.55. The van der Waals surface area contributed by atoms with E-state index in [9.17, 15) is 9.18 Å². The summed E-state index contributed by atoms with van der Waals surface area (Å²) < 4.78 is 13.3. The molecule has 1 heterocycles. The number of nitrogens with zero attached hydrogens (tertiary/aromatic N) is 1. The van der Waals surface area contributed by atoms with Crippen molar-refractivity contribution in [1.29, 1.82) is 0 Å². The highest BCUT2D eigenvalue weighted by Crippen LogP contribution is 2.05. The molecule has 1 aromatic carbocycles. The van der Waals surface area contributed by atoms with Gasteiger partial charge in [-0.1, -0.05) is 24.3 Å². The van der Waals surface area contributed by atoms with Crippen LogP contribution in [-0.2, 0) is 13.1 Å². The van der Waals surface area contributed by atoms with Crippen LogP contribution in [0.25, 0.3) is 0 Å². The molecular weight excluding hydrogens is 245 g/mol. The molecule has 2 amide bonds. The lowest BCUT2D eigenvalue weighted by Gasteiger charge is -2.07. The van der Waals surface area contributed by atoms with Gasteiger partial charge in [0.1, 0.15) is 5.82 Å². The number of benzene rings is 1. The molecule has 0 unspecified atom stereocenters. The van der Waals surface area contributed by atoms with E-state index in [-0.39, 0.29) is 18.4 Å². The summed E-state index contributed by atoms with van der Waals surface area (Å²) in [6.07, 6.45) is 1.66. The van der Waals surface area contributed by atoms with Crippen molar-refractivity contribution in [2.45, 2.75) is 13.1 Å². The summed E-state index contributed by atoms with van der Waals surface area (Å²) >= 11 is 0. The van der Waals surface area contributed by atoms with Crippen molar-refractivity contribution in [2.75, 3.05) is 0 Å². The van der Waals surface area contributed by atoms with Crippen LogP contribution < -0.4 is 10.6 Å². The van der Waals surface area contributed by atoms with E-state index < -0.39 is 0 Å². The van der Waals surface area contributed by atoms with Gasteiger partial charge in [-0.05, 0) is 18.2 Å². The number of carbonyl (C=O) groups is 1. The molecule has 0 spiro atoms. The highest BCUT2D eigenvalue weighted by Gasteiger charge is 2.04. The first-order valence-corrected chi connectivity index (χ1v) is 5.91. The zero-order valence-electron chi connectivity index (χ0n) is 10.3. The summed E-state index contributed by atoms with van der Waals surface area (Å²) in [6.45, 7) is 0.491. The molecule has 0 bridgehead atoms. The Balaban J connectivity index is 1.78. The molecule has 0 aliphatic heterocycles. The largest absolute Gasteiger partial charge is 0.334 e. The Morgan fingerprint density at radius 3 is 2.53 bits per heavy atom. The second kappa shape index (κ2) is 6.49. The van der Waals surface area contributed by atoms with Crippen molar-refractivity contribution in [3.05, 3.63) is 65.7 Å². The highest BCUT2D eigenvalue weighted by atomic mass is 19.1. The van der Waals surface area contributed by atoms with Crippen LogP contribution in [0.15, 0.2) is 48.7 Å². The minimum absolute atomic E-state index is 0.153. The molecule has 0 radical (unpaired) electrons. The van der Waals surface area contributed by atoms with E-state index in [1.165, 1.54) is 6.07 Å². The summed E-state index contributed by atoms with van der Waals surface area (Å²) in [4.78, 5) is 15.6. The summed E-state index contributed by atoms with van der Waals surface area (Å²) in [7, 11) is 0. The van der Waals surface area contributed by atoms with E-state index in [1.807, 2.05) is 18.2 Å². The van der Waals surface area contributed by atoms with Gasteiger partial charge < -0.3 is 10.6 Å². The summed E-state index contributed by atoms with van der Waals surface area (Å²) in [5, 5.41) is 5.25. The number of halogens is 1. The van der Waals surface area contributed by atoms with Gasteiger partial charge in [-0.25, -0.2) is 9.18 Å². The van der Waals surface area contributed by atoms with Gasteiger partial charge in [0.25, 0.3) is 0 Å². The van der Waals surface area contributed by atoms with E-state index in [1.54, 1.807) is 24.4 Å². The molecule has 0 aliphatic rings. The van der Waals surface area contributed by atoms with Crippen molar-refractivity contribution in [3.63, 3.8) is 0 Å². The Hall–Kier alpha value is -2.43. The van der Waals surface area contributed by atoms with Gasteiger partial charge in [0.2, 0.25) is 0 Å². The first-order chi connectivity index (χ1) is 9.25. The van der Waals surface area contributed by atoms with Gasteiger partial charge in [0, 0.05) is 18.3 Å². The molecule has 2 N–H and O–H groups in total. The molecule has 1 aromatic heterocycles. The maximum Gasteiger partial charge on any atom is 0.315 e. The number of nitrogens with one attached hydrogen (secondary N) is 2. The molecule has 2 aromatic rings. The quantitative estimate of drug-likeness (QED) is 0.884. The Labute approximate surface area is 110 Å². The Morgan fingerprint density at radius 1 is 1.05 bits per heavy atom. The lowest BCUT2D eigenvalue weighted by atomic mass is 10.2. The molecule has 0 saturated carbocycles. The Bertz CT molecular complexity index is 545. The lowest BCUT2D eigenvalue weighted by Crippen LogP contribution is -2.34. The van der Waals surface area contributed by atoms with Crippen LogP contribution in [-0.4, -0.2) is 11.0 Å². The number of hydrogen-bond acceptors (Lipinski definition) is 2. The van der Waals surface area contributed by atoms with E-state index in [2.05, 4.69) is 15.6 Å². The number of aromatic nitrogens is 1. The molecular formula is C14H14FN3O. The van der Waals surface area contributed by atoms with Gasteiger partial charge in [0.05, 0.1) is 12.2 Å². The first-order valence-electron chi connectivity index (χ1n) is 5.91. The van der Waals surface area contributed by atoms with Crippen molar-refractivity contribution in [3.8, 4) is 0 Å². The molecule has 2 rings (SSSR count). The van der Waals surface area contributed by atoms with E-state index in [0.29, 0.717) is 12.1 Å². The maximum absolute atomic E-state index is 13.3. The van der Waals surface area contributed by atoms with Crippen LogP contribution in [0, 0.1) is 5.82 Å². The van der Waals surface area contributed by atoms with Gasteiger partial charge in [0.15, 0.2) is 0 Å². The van der Waals surface area contributed by atoms with Crippen molar-refractivity contribution < 1.29 is 9.18 Å². The number of hydrogen-bond donors (Lipinski definition) is 2. The third-order valence-corrected chi connectivity index (χ3v) is 2.55. The van der Waals surface area contributed by atoms with Gasteiger partial charge >= 0.3 is 6.03 Å². The van der Waals surface area contributed by atoms with E-state index >= 15 is 0 Å². The van der Waals surface area contributed by atoms with Crippen LogP contribution >= 0.6 is 0 Å². The summed E-state index contributed by atoms with van der Waals surface area (Å²) in [5.74, 6) is -0.326. The van der Waals surface area contributed by atoms with Crippen LogP contribution in [0.1, 0.15) is 11.3 Å². The maximum atomic E-state index is 13.3. The van der Waals surface area contributed by atoms with Crippen molar-refractivity contribution in [1.82, 2.24) is 15.6 Å². The monoisotopic (exact) mass is 259 g/mol. The number of carbonyl (C=O) groups excluding carboxylic acids is 1. The molecule has 0 saturated heterocycles. The molecule has 5 heteroatoms. The lowest BCUT2D eigenvalue weighted by molar-refractivity contribution is 0.240. The number of rotatable bonds is 4. The average molecular weight is 259 g/mol. The topological polar surface area (TPSA) is 54.0 Å². The van der Waals surface area contributed by atoms with Crippen molar-refractivity contribution >= 4 is 6.03 Å². The second-order valence-electron chi connectivity index (χ2n) is 3.95. The number of urea groups is 1. The number of amides is 2. The van der Waals surface area contributed by atoms with E-state index in [4.69, 9.17) is 0 Å². The van der Waals surface area contributed by atoms with Crippen LogP contribution in [0.3, 0.4) is 0 Å². The van der Waals surface area contributed by atoms with Crippen LogP contribution in [0.4, 0.5) is 9.18 Å². The fraction of sp³-hybridized carbons (Fsp3) is 0.143. The predicted octanol–water partition coefficient (Wildman–Crippen LogP) is 2.22.